The lowest BCUT2D eigenvalue weighted by atomic mass is 9.84. The molecule has 0 saturated heterocycles. The molecule has 0 bridgehead atoms. The highest BCUT2D eigenvalue weighted by molar-refractivity contribution is 6.02. The summed E-state index contributed by atoms with van der Waals surface area (Å²) in [7, 11) is 0. The molecule has 114 valence electrons. The first-order valence-electron chi connectivity index (χ1n) is 6.92. The van der Waals surface area contributed by atoms with Gasteiger partial charge in [-0.25, -0.2) is 9.59 Å². The zero-order valence-electron chi connectivity index (χ0n) is 11.6. The Bertz CT molecular complexity index is 366. The van der Waals surface area contributed by atoms with Crippen molar-refractivity contribution in [3.05, 3.63) is 0 Å². The molecule has 0 spiro atoms. The van der Waals surface area contributed by atoms with E-state index in [-0.39, 0.29) is 12.5 Å². The average molecular weight is 286 g/mol. The highest BCUT2D eigenvalue weighted by atomic mass is 16.5. The van der Waals surface area contributed by atoms with Gasteiger partial charge in [0.2, 0.25) is 5.91 Å². The van der Waals surface area contributed by atoms with Crippen molar-refractivity contribution in [2.75, 3.05) is 6.61 Å². The normalized spacial score (nSPS) is 18.9. The van der Waals surface area contributed by atoms with Crippen LogP contribution in [0.4, 0.5) is 0 Å². The molecular formula is C13H22N2O5. The summed E-state index contributed by atoms with van der Waals surface area (Å²) in [6, 6.07) is -2.48. The molecule has 0 aliphatic heterocycles. The van der Waals surface area contributed by atoms with E-state index in [1.165, 1.54) is 0 Å². The van der Waals surface area contributed by atoms with Crippen LogP contribution in [-0.2, 0) is 19.1 Å². The average Bonchev–Trinajstić information content (AvgIpc) is 2.44. The second kappa shape index (κ2) is 7.84. The molecule has 0 radical (unpaired) electrons. The molecule has 1 aliphatic carbocycles. The fraction of sp³-hybridized carbons (Fsp3) is 0.769. The van der Waals surface area contributed by atoms with Crippen LogP contribution in [0.3, 0.4) is 0 Å². The number of carboxylic acids is 1. The first-order valence-corrected chi connectivity index (χ1v) is 6.92. The summed E-state index contributed by atoms with van der Waals surface area (Å²) in [5.74, 6) is -2.86. The third-order valence-corrected chi connectivity index (χ3v) is 3.51. The Morgan fingerprint density at radius 2 is 1.90 bits per heavy atom. The molecule has 7 heteroatoms. The van der Waals surface area contributed by atoms with Crippen LogP contribution >= 0.6 is 0 Å². The molecule has 1 amide bonds. The zero-order chi connectivity index (χ0) is 15.1. The standard InChI is InChI=1S/C13H22N2O5/c1-2-20-13(19)9(14)11(16)15-10(12(17)18)8-6-4-3-5-7-8/h8-10H,2-7,14H2,1H3,(H,15,16)(H,17,18). The molecule has 1 saturated carbocycles. The van der Waals surface area contributed by atoms with E-state index in [1.807, 2.05) is 0 Å². The quantitative estimate of drug-likeness (QED) is 0.468. The number of carbonyl (C=O) groups is 3. The molecule has 2 unspecified atom stereocenters. The van der Waals surface area contributed by atoms with E-state index in [2.05, 4.69) is 10.1 Å². The maximum absolute atomic E-state index is 11.8. The second-order valence-electron chi connectivity index (χ2n) is 4.95. The Hall–Kier alpha value is -1.63. The number of carboxylic acid groups (broad SMARTS) is 1. The van der Waals surface area contributed by atoms with E-state index >= 15 is 0 Å². The van der Waals surface area contributed by atoms with Gasteiger partial charge in [0.25, 0.3) is 0 Å². The van der Waals surface area contributed by atoms with Gasteiger partial charge in [-0.05, 0) is 25.7 Å². The van der Waals surface area contributed by atoms with Gasteiger partial charge in [0.05, 0.1) is 6.61 Å². The number of nitrogens with one attached hydrogen (secondary N) is 1. The molecule has 1 rings (SSSR count). The number of nitrogens with two attached hydrogens (primary N) is 1. The molecule has 0 heterocycles. The van der Waals surface area contributed by atoms with E-state index in [4.69, 9.17) is 5.73 Å². The van der Waals surface area contributed by atoms with Crippen LogP contribution in [0.2, 0.25) is 0 Å². The van der Waals surface area contributed by atoms with Gasteiger partial charge in [0, 0.05) is 0 Å². The van der Waals surface area contributed by atoms with Gasteiger partial charge < -0.3 is 20.9 Å². The third kappa shape index (κ3) is 4.48. The predicted molar refractivity (Wildman–Crippen MR) is 70.7 cm³/mol. The highest BCUT2D eigenvalue weighted by Crippen LogP contribution is 2.26. The topological polar surface area (TPSA) is 119 Å². The van der Waals surface area contributed by atoms with Crippen molar-refractivity contribution in [1.82, 2.24) is 5.32 Å². The Kier molecular flexibility index (Phi) is 6.44. The minimum atomic E-state index is -1.49. The van der Waals surface area contributed by atoms with Crippen LogP contribution in [0.5, 0.6) is 0 Å². The second-order valence-corrected chi connectivity index (χ2v) is 4.95. The van der Waals surface area contributed by atoms with E-state index in [0.29, 0.717) is 0 Å². The van der Waals surface area contributed by atoms with Crippen LogP contribution in [0.25, 0.3) is 0 Å². The molecule has 1 aliphatic rings. The lowest BCUT2D eigenvalue weighted by Gasteiger charge is -2.28. The Balaban J connectivity index is 2.62. The Labute approximate surface area is 117 Å². The van der Waals surface area contributed by atoms with Gasteiger partial charge in [0.1, 0.15) is 6.04 Å². The zero-order valence-corrected chi connectivity index (χ0v) is 11.6. The number of rotatable bonds is 6. The lowest BCUT2D eigenvalue weighted by molar-refractivity contribution is -0.150. The van der Waals surface area contributed by atoms with Crippen LogP contribution in [0.1, 0.15) is 39.0 Å². The minimum absolute atomic E-state index is 0.111. The SMILES string of the molecule is CCOC(=O)C(N)C(=O)NC(C(=O)O)C1CCCCC1. The van der Waals surface area contributed by atoms with E-state index in [9.17, 15) is 19.5 Å². The molecule has 0 aromatic carbocycles. The maximum atomic E-state index is 11.8. The van der Waals surface area contributed by atoms with Crippen LogP contribution in [0, 0.1) is 5.92 Å². The molecule has 0 aromatic rings. The van der Waals surface area contributed by atoms with Crippen LogP contribution < -0.4 is 11.1 Å². The smallest absolute Gasteiger partial charge is 0.332 e. The van der Waals surface area contributed by atoms with Gasteiger partial charge in [-0.15, -0.1) is 0 Å². The van der Waals surface area contributed by atoms with Crippen molar-refractivity contribution < 1.29 is 24.2 Å². The van der Waals surface area contributed by atoms with Crippen LogP contribution in [0.15, 0.2) is 0 Å². The summed E-state index contributed by atoms with van der Waals surface area (Å²) < 4.78 is 4.64. The number of hydrogen-bond acceptors (Lipinski definition) is 5. The van der Waals surface area contributed by atoms with Crippen molar-refractivity contribution in [3.8, 4) is 0 Å². The first-order chi connectivity index (χ1) is 9.47. The fourth-order valence-electron chi connectivity index (χ4n) is 2.43. The molecule has 4 N–H and O–H groups in total. The van der Waals surface area contributed by atoms with Crippen molar-refractivity contribution in [2.24, 2.45) is 11.7 Å². The van der Waals surface area contributed by atoms with E-state index in [1.54, 1.807) is 6.92 Å². The summed E-state index contributed by atoms with van der Waals surface area (Å²) in [4.78, 5) is 34.5. The largest absolute Gasteiger partial charge is 0.480 e. The Morgan fingerprint density at radius 1 is 1.30 bits per heavy atom. The minimum Gasteiger partial charge on any atom is -0.480 e. The molecule has 2 atom stereocenters. The van der Waals surface area contributed by atoms with Crippen molar-refractivity contribution >= 4 is 17.8 Å². The monoisotopic (exact) mass is 286 g/mol. The molecule has 0 aromatic heterocycles. The van der Waals surface area contributed by atoms with Gasteiger partial charge in [-0.2, -0.15) is 0 Å². The van der Waals surface area contributed by atoms with Gasteiger partial charge >= 0.3 is 11.9 Å². The number of esters is 1. The van der Waals surface area contributed by atoms with Gasteiger partial charge in [-0.1, -0.05) is 19.3 Å². The summed E-state index contributed by atoms with van der Waals surface area (Å²) in [5, 5.41) is 11.6. The number of carbonyl (C=O) groups excluding carboxylic acids is 2. The summed E-state index contributed by atoms with van der Waals surface area (Å²) in [6.07, 6.45) is 4.50. The van der Waals surface area contributed by atoms with Crippen molar-refractivity contribution in [3.63, 3.8) is 0 Å². The van der Waals surface area contributed by atoms with E-state index in [0.717, 1.165) is 32.1 Å². The van der Waals surface area contributed by atoms with E-state index < -0.39 is 29.9 Å². The van der Waals surface area contributed by atoms with Gasteiger partial charge in [-0.3, -0.25) is 4.79 Å². The van der Waals surface area contributed by atoms with Crippen molar-refractivity contribution in [2.45, 2.75) is 51.1 Å². The first kappa shape index (κ1) is 16.4. The van der Waals surface area contributed by atoms with Gasteiger partial charge in [0.15, 0.2) is 6.04 Å². The summed E-state index contributed by atoms with van der Waals surface area (Å²) >= 11 is 0. The third-order valence-electron chi connectivity index (χ3n) is 3.51. The molecule has 20 heavy (non-hydrogen) atoms. The summed E-state index contributed by atoms with van der Waals surface area (Å²) in [5.41, 5.74) is 5.45. The molecular weight excluding hydrogens is 264 g/mol. The number of aliphatic carboxylic acids is 1. The molecule has 1 fully saturated rings. The predicted octanol–water partition coefficient (Wildman–Crippen LogP) is 0.0265. The maximum Gasteiger partial charge on any atom is 0.332 e. The van der Waals surface area contributed by atoms with Crippen LogP contribution in [-0.4, -0.2) is 41.6 Å². The summed E-state index contributed by atoms with van der Waals surface area (Å²) in [6.45, 7) is 1.72. The number of hydrogen-bond donors (Lipinski definition) is 3. The Morgan fingerprint density at radius 3 is 2.40 bits per heavy atom. The number of amides is 1. The number of ether oxygens (including phenoxy) is 1. The van der Waals surface area contributed by atoms with Crippen molar-refractivity contribution in [1.29, 1.82) is 0 Å². The fourth-order valence-corrected chi connectivity index (χ4v) is 2.43. The molecule has 7 nitrogen and oxygen atoms in total. The lowest BCUT2D eigenvalue weighted by Crippen LogP contribution is -2.54. The highest BCUT2D eigenvalue weighted by Gasteiger charge is 2.33.